The van der Waals surface area contributed by atoms with Gasteiger partial charge in [-0.15, -0.1) is 0 Å². The van der Waals surface area contributed by atoms with Crippen LogP contribution in [0.15, 0.2) is 18.2 Å². The first-order valence-electron chi connectivity index (χ1n) is 6.09. The van der Waals surface area contributed by atoms with Crippen molar-refractivity contribution in [1.82, 2.24) is 5.32 Å². The van der Waals surface area contributed by atoms with Crippen LogP contribution in [0.1, 0.15) is 22.3 Å². The number of fused-ring (bicyclic) bond motifs is 1. The van der Waals surface area contributed by atoms with Crippen molar-refractivity contribution in [2.24, 2.45) is 0 Å². The van der Waals surface area contributed by atoms with Gasteiger partial charge in [-0.25, -0.2) is 0 Å². The molecule has 0 aliphatic carbocycles. The number of benzene rings is 1. The van der Waals surface area contributed by atoms with Crippen LogP contribution in [0.4, 0.5) is 5.69 Å². The van der Waals surface area contributed by atoms with E-state index in [1.54, 1.807) is 18.2 Å². The quantitative estimate of drug-likeness (QED) is 0.597. The summed E-state index contributed by atoms with van der Waals surface area (Å²) in [6, 6.07) is 4.35. The van der Waals surface area contributed by atoms with E-state index in [1.165, 1.54) is 0 Å². The molecule has 0 fully saturated rings. The first-order valence-corrected chi connectivity index (χ1v) is 6.09. The van der Waals surface area contributed by atoms with Crippen LogP contribution in [-0.4, -0.2) is 41.3 Å². The predicted octanol–water partition coefficient (Wildman–Crippen LogP) is -0.346. The maximum atomic E-state index is 11.9. The Morgan fingerprint density at radius 2 is 2.05 bits per heavy atom. The second-order valence-electron chi connectivity index (χ2n) is 4.46. The highest BCUT2D eigenvalue weighted by atomic mass is 16.3. The lowest BCUT2D eigenvalue weighted by molar-refractivity contribution is -0.116. The summed E-state index contributed by atoms with van der Waals surface area (Å²) in [7, 11) is 0. The van der Waals surface area contributed by atoms with Crippen LogP contribution in [0.5, 0.6) is 0 Å². The van der Waals surface area contributed by atoms with Crippen molar-refractivity contribution in [3.05, 3.63) is 29.3 Å². The van der Waals surface area contributed by atoms with Gasteiger partial charge in [0, 0.05) is 17.7 Å². The molecule has 6 nitrogen and oxygen atoms in total. The third kappa shape index (κ3) is 3.10. The molecule has 0 bridgehead atoms. The zero-order chi connectivity index (χ0) is 13.8. The van der Waals surface area contributed by atoms with Gasteiger partial charge in [-0.05, 0) is 30.2 Å². The van der Waals surface area contributed by atoms with Gasteiger partial charge in [-0.2, -0.15) is 0 Å². The summed E-state index contributed by atoms with van der Waals surface area (Å²) in [5, 5.41) is 23.1. The average Bonchev–Trinajstić information content (AvgIpc) is 2.43. The summed E-state index contributed by atoms with van der Waals surface area (Å²) < 4.78 is 0. The summed E-state index contributed by atoms with van der Waals surface area (Å²) in [5.74, 6) is -0.377. The second kappa shape index (κ2) is 5.81. The predicted molar refractivity (Wildman–Crippen MR) is 68.8 cm³/mol. The van der Waals surface area contributed by atoms with Crippen molar-refractivity contribution < 1.29 is 19.8 Å². The molecule has 1 aliphatic heterocycles. The van der Waals surface area contributed by atoms with Gasteiger partial charge in [0.2, 0.25) is 5.91 Å². The number of nitrogens with one attached hydrogen (secondary N) is 2. The Morgan fingerprint density at radius 3 is 2.74 bits per heavy atom. The molecule has 4 N–H and O–H groups in total. The van der Waals surface area contributed by atoms with E-state index in [0.717, 1.165) is 11.3 Å². The summed E-state index contributed by atoms with van der Waals surface area (Å²) in [4.78, 5) is 23.1. The van der Waals surface area contributed by atoms with Gasteiger partial charge in [0.1, 0.15) is 0 Å². The minimum absolute atomic E-state index is 0.0228. The van der Waals surface area contributed by atoms with Crippen molar-refractivity contribution in [3.63, 3.8) is 0 Å². The minimum Gasteiger partial charge on any atom is -0.394 e. The number of aliphatic hydroxyl groups excluding tert-OH is 2. The molecule has 1 aliphatic rings. The van der Waals surface area contributed by atoms with Gasteiger partial charge in [-0.1, -0.05) is 0 Å². The first kappa shape index (κ1) is 13.5. The maximum absolute atomic E-state index is 11.9. The maximum Gasteiger partial charge on any atom is 0.251 e. The van der Waals surface area contributed by atoms with Gasteiger partial charge < -0.3 is 20.8 Å². The average molecular weight is 264 g/mol. The zero-order valence-corrected chi connectivity index (χ0v) is 10.3. The molecular weight excluding hydrogens is 248 g/mol. The highest BCUT2D eigenvalue weighted by molar-refractivity contribution is 5.98. The van der Waals surface area contributed by atoms with E-state index in [9.17, 15) is 9.59 Å². The number of amides is 2. The monoisotopic (exact) mass is 264 g/mol. The third-order valence-electron chi connectivity index (χ3n) is 3.04. The van der Waals surface area contributed by atoms with E-state index in [2.05, 4.69) is 10.6 Å². The summed E-state index contributed by atoms with van der Waals surface area (Å²) in [6.45, 7) is -0.632. The molecule has 1 heterocycles. The van der Waals surface area contributed by atoms with Crippen LogP contribution >= 0.6 is 0 Å². The van der Waals surface area contributed by atoms with Crippen LogP contribution in [-0.2, 0) is 11.2 Å². The molecule has 2 amide bonds. The molecule has 0 spiro atoms. The molecule has 2 rings (SSSR count). The summed E-state index contributed by atoms with van der Waals surface area (Å²) in [6.07, 6.45) is 1.01. The Morgan fingerprint density at radius 1 is 1.32 bits per heavy atom. The van der Waals surface area contributed by atoms with Gasteiger partial charge in [0.05, 0.1) is 19.3 Å². The summed E-state index contributed by atoms with van der Waals surface area (Å²) >= 11 is 0. The lowest BCUT2D eigenvalue weighted by atomic mass is 10.00. The molecule has 0 atom stereocenters. The Kier molecular flexibility index (Phi) is 4.13. The molecule has 1 aromatic carbocycles. The molecule has 19 heavy (non-hydrogen) atoms. The van der Waals surface area contributed by atoms with Crippen LogP contribution < -0.4 is 10.6 Å². The molecule has 0 radical (unpaired) electrons. The topological polar surface area (TPSA) is 98.7 Å². The number of carbonyl (C=O) groups excluding carboxylic acids is 2. The Balaban J connectivity index is 2.13. The van der Waals surface area contributed by atoms with Crippen LogP contribution in [0.2, 0.25) is 0 Å². The van der Waals surface area contributed by atoms with E-state index in [-0.39, 0.29) is 25.0 Å². The SMILES string of the molecule is O=C1CCc2cc(C(=O)NC(CO)CO)ccc2N1. The number of aryl methyl sites for hydroxylation is 1. The van der Waals surface area contributed by atoms with E-state index < -0.39 is 6.04 Å². The fourth-order valence-electron chi connectivity index (χ4n) is 1.94. The van der Waals surface area contributed by atoms with E-state index >= 15 is 0 Å². The number of hydrogen-bond donors (Lipinski definition) is 4. The lowest BCUT2D eigenvalue weighted by Gasteiger charge is -2.18. The van der Waals surface area contributed by atoms with Crippen LogP contribution in [0.25, 0.3) is 0 Å². The Labute approximate surface area is 110 Å². The van der Waals surface area contributed by atoms with Crippen molar-refractivity contribution in [2.75, 3.05) is 18.5 Å². The highest BCUT2D eigenvalue weighted by Crippen LogP contribution is 2.23. The third-order valence-corrected chi connectivity index (χ3v) is 3.04. The van der Waals surface area contributed by atoms with Gasteiger partial charge >= 0.3 is 0 Å². The zero-order valence-electron chi connectivity index (χ0n) is 10.3. The molecular formula is C13H16N2O4. The Hall–Kier alpha value is -1.92. The molecule has 0 saturated carbocycles. The molecule has 0 unspecified atom stereocenters. The minimum atomic E-state index is -0.664. The van der Waals surface area contributed by atoms with E-state index in [1.807, 2.05) is 0 Å². The molecule has 1 aromatic rings. The standard InChI is InChI=1S/C13H16N2O4/c16-6-10(7-17)14-13(19)9-1-3-11-8(5-9)2-4-12(18)15-11/h1,3,5,10,16-17H,2,4,6-7H2,(H,14,19)(H,15,18). The molecule has 6 heteroatoms. The Bertz CT molecular complexity index is 497. The second-order valence-corrected chi connectivity index (χ2v) is 4.46. The normalized spacial score (nSPS) is 13.9. The fraction of sp³-hybridized carbons (Fsp3) is 0.385. The van der Waals surface area contributed by atoms with E-state index in [4.69, 9.17) is 10.2 Å². The molecule has 102 valence electrons. The van der Waals surface area contributed by atoms with Crippen LogP contribution in [0, 0.1) is 0 Å². The number of hydrogen-bond acceptors (Lipinski definition) is 4. The largest absolute Gasteiger partial charge is 0.394 e. The smallest absolute Gasteiger partial charge is 0.251 e. The highest BCUT2D eigenvalue weighted by Gasteiger charge is 2.17. The summed E-state index contributed by atoms with van der Waals surface area (Å²) in [5.41, 5.74) is 2.09. The fourth-order valence-corrected chi connectivity index (χ4v) is 1.94. The number of anilines is 1. The first-order chi connectivity index (χ1) is 9.13. The number of aliphatic hydroxyl groups is 2. The van der Waals surface area contributed by atoms with Gasteiger partial charge in [-0.3, -0.25) is 9.59 Å². The number of carbonyl (C=O) groups is 2. The van der Waals surface area contributed by atoms with Crippen molar-refractivity contribution in [1.29, 1.82) is 0 Å². The number of rotatable bonds is 4. The van der Waals surface area contributed by atoms with Crippen molar-refractivity contribution in [2.45, 2.75) is 18.9 Å². The van der Waals surface area contributed by atoms with Gasteiger partial charge in [0.15, 0.2) is 0 Å². The van der Waals surface area contributed by atoms with E-state index in [0.29, 0.717) is 18.4 Å². The van der Waals surface area contributed by atoms with Crippen molar-refractivity contribution in [3.8, 4) is 0 Å². The molecule has 0 saturated heterocycles. The van der Waals surface area contributed by atoms with Crippen LogP contribution in [0.3, 0.4) is 0 Å². The lowest BCUT2D eigenvalue weighted by Crippen LogP contribution is -2.40. The van der Waals surface area contributed by atoms with Gasteiger partial charge in [0.25, 0.3) is 5.91 Å². The molecule has 0 aromatic heterocycles. The van der Waals surface area contributed by atoms with Crippen molar-refractivity contribution >= 4 is 17.5 Å².